The standard InChI is InChI=1S/C25H36N4O9S/c30-18(8-3-1-2-4-10-23(36)38-29-20(32)11-12-21(29)33)26-14-13-19(31)28-16-15-39-17(24(16)27-25(28)37)7-5-6-9-22(34)35/h16-17,24H,1-15H2,(H,26,30)(H,27,37)(H,34,35). The first-order valence-electron chi connectivity index (χ1n) is 13.5. The highest BCUT2D eigenvalue weighted by molar-refractivity contribution is 8.00. The Balaban J connectivity index is 1.23. The van der Waals surface area contributed by atoms with E-state index in [1.54, 1.807) is 11.8 Å². The Morgan fingerprint density at radius 3 is 2.28 bits per heavy atom. The fourth-order valence-electron chi connectivity index (χ4n) is 4.88. The van der Waals surface area contributed by atoms with Crippen molar-refractivity contribution in [3.8, 4) is 0 Å². The molecule has 3 fully saturated rings. The van der Waals surface area contributed by atoms with Gasteiger partial charge in [0.15, 0.2) is 0 Å². The van der Waals surface area contributed by atoms with E-state index in [-0.39, 0.29) is 74.2 Å². The van der Waals surface area contributed by atoms with E-state index in [1.807, 2.05) is 0 Å². The van der Waals surface area contributed by atoms with E-state index in [2.05, 4.69) is 10.6 Å². The van der Waals surface area contributed by atoms with Gasteiger partial charge < -0.3 is 20.6 Å². The van der Waals surface area contributed by atoms with Crippen LogP contribution in [0.1, 0.15) is 83.5 Å². The van der Waals surface area contributed by atoms with Gasteiger partial charge in [-0.1, -0.05) is 19.3 Å². The lowest BCUT2D eigenvalue weighted by Gasteiger charge is -2.20. The van der Waals surface area contributed by atoms with Crippen molar-refractivity contribution in [1.82, 2.24) is 20.6 Å². The number of nitrogens with zero attached hydrogens (tertiary/aromatic N) is 2. The van der Waals surface area contributed by atoms with Gasteiger partial charge in [0.05, 0.1) is 12.1 Å². The molecule has 39 heavy (non-hydrogen) atoms. The highest BCUT2D eigenvalue weighted by Gasteiger charge is 2.49. The number of hydrogen-bond donors (Lipinski definition) is 3. The summed E-state index contributed by atoms with van der Waals surface area (Å²) >= 11 is 1.69. The van der Waals surface area contributed by atoms with Crippen molar-refractivity contribution < 1.29 is 43.5 Å². The van der Waals surface area contributed by atoms with E-state index >= 15 is 0 Å². The number of carbonyl (C=O) groups is 7. The Morgan fingerprint density at radius 2 is 1.59 bits per heavy atom. The fourth-order valence-corrected chi connectivity index (χ4v) is 6.47. The predicted molar refractivity (Wildman–Crippen MR) is 138 cm³/mol. The van der Waals surface area contributed by atoms with Crippen LogP contribution in [0.25, 0.3) is 0 Å². The third-order valence-electron chi connectivity index (χ3n) is 6.93. The van der Waals surface area contributed by atoms with Gasteiger partial charge in [-0.25, -0.2) is 9.59 Å². The lowest BCUT2D eigenvalue weighted by atomic mass is 10.0. The third kappa shape index (κ3) is 8.94. The Kier molecular flexibility index (Phi) is 11.6. The summed E-state index contributed by atoms with van der Waals surface area (Å²) in [5.41, 5.74) is 0. The van der Waals surface area contributed by atoms with Crippen LogP contribution < -0.4 is 10.6 Å². The number of rotatable bonds is 16. The summed E-state index contributed by atoms with van der Waals surface area (Å²) in [5, 5.41) is 15.1. The van der Waals surface area contributed by atoms with E-state index in [4.69, 9.17) is 9.94 Å². The molecule has 3 N–H and O–H groups in total. The summed E-state index contributed by atoms with van der Waals surface area (Å²) in [6.45, 7) is 0.129. The molecule has 0 radical (unpaired) electrons. The largest absolute Gasteiger partial charge is 0.481 e. The molecule has 0 aliphatic carbocycles. The molecule has 3 aliphatic heterocycles. The van der Waals surface area contributed by atoms with Crippen LogP contribution in [0.5, 0.6) is 0 Å². The van der Waals surface area contributed by atoms with Crippen molar-refractivity contribution in [3.63, 3.8) is 0 Å². The molecule has 13 nitrogen and oxygen atoms in total. The Hall–Kier alpha value is -3.16. The second-order valence-corrected chi connectivity index (χ2v) is 11.1. The SMILES string of the molecule is O=C(O)CCCCC1SCC2C1NC(=O)N2C(=O)CCNC(=O)CCCCCCC(=O)ON1C(=O)CCC1=O. The number of nitrogens with one attached hydrogen (secondary N) is 2. The molecular weight excluding hydrogens is 532 g/mol. The average Bonchev–Trinajstić information content (AvgIpc) is 3.52. The van der Waals surface area contributed by atoms with Gasteiger partial charge in [0.25, 0.3) is 11.8 Å². The summed E-state index contributed by atoms with van der Waals surface area (Å²) in [5.74, 6) is -2.38. The summed E-state index contributed by atoms with van der Waals surface area (Å²) in [7, 11) is 0. The molecule has 0 spiro atoms. The maximum absolute atomic E-state index is 12.7. The van der Waals surface area contributed by atoms with Crippen LogP contribution >= 0.6 is 11.8 Å². The number of fused-ring (bicyclic) bond motifs is 1. The molecule has 0 saturated carbocycles. The van der Waals surface area contributed by atoms with Crippen molar-refractivity contribution in [2.24, 2.45) is 0 Å². The Labute approximate surface area is 230 Å². The minimum Gasteiger partial charge on any atom is -0.481 e. The monoisotopic (exact) mass is 568 g/mol. The van der Waals surface area contributed by atoms with Gasteiger partial charge in [0.1, 0.15) is 0 Å². The zero-order valence-electron chi connectivity index (χ0n) is 21.9. The molecule has 14 heteroatoms. The van der Waals surface area contributed by atoms with Gasteiger partial charge in [-0.15, -0.1) is 5.06 Å². The van der Waals surface area contributed by atoms with Crippen molar-refractivity contribution >= 4 is 53.4 Å². The molecule has 3 unspecified atom stereocenters. The van der Waals surface area contributed by atoms with E-state index in [0.717, 1.165) is 12.8 Å². The first-order valence-corrected chi connectivity index (χ1v) is 14.5. The van der Waals surface area contributed by atoms with Gasteiger partial charge in [0.2, 0.25) is 11.8 Å². The number of carboxylic acid groups (broad SMARTS) is 1. The zero-order chi connectivity index (χ0) is 28.4. The maximum atomic E-state index is 12.7. The molecule has 0 aromatic heterocycles. The van der Waals surface area contributed by atoms with E-state index < -0.39 is 29.8 Å². The van der Waals surface area contributed by atoms with Gasteiger partial charge in [-0.3, -0.25) is 28.9 Å². The molecule has 216 valence electrons. The zero-order valence-corrected chi connectivity index (χ0v) is 22.7. The molecule has 0 aromatic carbocycles. The normalized spacial score (nSPS) is 22.2. The first-order chi connectivity index (χ1) is 18.7. The molecule has 3 rings (SSSR count). The predicted octanol–water partition coefficient (Wildman–Crippen LogP) is 1.49. The summed E-state index contributed by atoms with van der Waals surface area (Å²) < 4.78 is 0. The molecule has 0 aromatic rings. The quantitative estimate of drug-likeness (QED) is 0.140. The lowest BCUT2D eigenvalue weighted by Crippen LogP contribution is -2.42. The number of carboxylic acids is 1. The molecule has 0 bridgehead atoms. The number of carbonyl (C=O) groups excluding carboxylic acids is 6. The van der Waals surface area contributed by atoms with Crippen LogP contribution in [-0.2, 0) is 33.6 Å². The number of thioether (sulfide) groups is 1. The lowest BCUT2D eigenvalue weighted by molar-refractivity contribution is -0.197. The highest BCUT2D eigenvalue weighted by Crippen LogP contribution is 2.37. The van der Waals surface area contributed by atoms with E-state index in [1.165, 1.54) is 4.90 Å². The minimum absolute atomic E-state index is 0.0143. The molecule has 6 amide bonds. The van der Waals surface area contributed by atoms with Crippen molar-refractivity contribution in [3.05, 3.63) is 0 Å². The van der Waals surface area contributed by atoms with Crippen molar-refractivity contribution in [2.45, 2.75) is 101 Å². The number of amides is 6. The van der Waals surface area contributed by atoms with Crippen molar-refractivity contribution in [2.75, 3.05) is 12.3 Å². The van der Waals surface area contributed by atoms with E-state index in [9.17, 15) is 33.6 Å². The molecule has 3 saturated heterocycles. The van der Waals surface area contributed by atoms with E-state index in [0.29, 0.717) is 42.9 Å². The molecule has 3 aliphatic rings. The summed E-state index contributed by atoms with van der Waals surface area (Å²) in [6, 6.07) is -0.790. The number of urea groups is 1. The van der Waals surface area contributed by atoms with Crippen molar-refractivity contribution in [1.29, 1.82) is 0 Å². The van der Waals surface area contributed by atoms with Crippen LogP contribution in [0, 0.1) is 0 Å². The Morgan fingerprint density at radius 1 is 0.923 bits per heavy atom. The molecular formula is C25H36N4O9S. The topological polar surface area (TPSA) is 179 Å². The summed E-state index contributed by atoms with van der Waals surface area (Å²) in [4.78, 5) is 88.6. The molecule has 3 atom stereocenters. The fraction of sp³-hybridized carbons (Fsp3) is 0.720. The second-order valence-electron chi connectivity index (χ2n) is 9.88. The third-order valence-corrected chi connectivity index (χ3v) is 8.42. The number of unbranched alkanes of at least 4 members (excludes halogenated alkanes) is 4. The summed E-state index contributed by atoms with van der Waals surface area (Å²) in [6.07, 6.45) is 5.17. The number of imide groups is 2. The highest BCUT2D eigenvalue weighted by atomic mass is 32.2. The van der Waals surface area contributed by atoms with Gasteiger partial charge in [-0.2, -0.15) is 11.8 Å². The van der Waals surface area contributed by atoms with Crippen LogP contribution in [0.15, 0.2) is 0 Å². The smallest absolute Gasteiger partial charge is 0.333 e. The minimum atomic E-state index is -0.822. The molecule has 3 heterocycles. The van der Waals surface area contributed by atoms with Gasteiger partial charge in [-0.05, 0) is 25.7 Å². The second kappa shape index (κ2) is 14.8. The average molecular weight is 569 g/mol. The Bertz CT molecular complexity index is 959. The van der Waals surface area contributed by atoms with Gasteiger partial charge >= 0.3 is 18.0 Å². The first kappa shape index (κ1) is 30.4. The van der Waals surface area contributed by atoms with Gasteiger partial charge in [0, 0.05) is 56.1 Å². The van der Waals surface area contributed by atoms with Crippen LogP contribution in [0.4, 0.5) is 4.79 Å². The van der Waals surface area contributed by atoms with Crippen LogP contribution in [0.2, 0.25) is 0 Å². The number of aliphatic carboxylic acids is 1. The maximum Gasteiger partial charge on any atom is 0.333 e. The number of hydroxylamine groups is 2. The number of hydrogen-bond acceptors (Lipinski definition) is 9. The van der Waals surface area contributed by atoms with Crippen LogP contribution in [-0.4, -0.2) is 86.3 Å². The van der Waals surface area contributed by atoms with Crippen LogP contribution in [0.3, 0.4) is 0 Å².